The monoisotopic (exact) mass is 390 g/mol. The smallest absolute Gasteiger partial charge is 0.234 e. The molecular weight excluding hydrogens is 368 g/mol. The van der Waals surface area contributed by atoms with Crippen LogP contribution in [0, 0.1) is 6.92 Å². The molecule has 0 bridgehead atoms. The van der Waals surface area contributed by atoms with Crippen molar-refractivity contribution < 1.29 is 4.79 Å². The second-order valence-electron chi connectivity index (χ2n) is 6.42. The van der Waals surface area contributed by atoms with Crippen molar-refractivity contribution in [2.75, 3.05) is 29.1 Å². The number of aryl methyl sites for hydroxylation is 1. The Morgan fingerprint density at radius 1 is 1.23 bits per heavy atom. The van der Waals surface area contributed by atoms with Gasteiger partial charge in [-0.3, -0.25) is 4.79 Å². The van der Waals surface area contributed by atoms with Crippen LogP contribution in [0.25, 0.3) is 0 Å². The molecule has 0 radical (unpaired) electrons. The Hall–Kier alpha value is -1.79. The van der Waals surface area contributed by atoms with E-state index in [1.54, 1.807) is 6.20 Å². The van der Waals surface area contributed by atoms with Crippen LogP contribution in [-0.4, -0.2) is 34.7 Å². The summed E-state index contributed by atoms with van der Waals surface area (Å²) in [5, 5.41) is 4.00. The summed E-state index contributed by atoms with van der Waals surface area (Å²) in [6.07, 6.45) is 6.73. The Balaban J connectivity index is 1.57. The number of carbonyl (C=O) groups is 1. The third kappa shape index (κ3) is 5.35. The van der Waals surface area contributed by atoms with Gasteiger partial charge >= 0.3 is 0 Å². The van der Waals surface area contributed by atoms with Gasteiger partial charge in [-0.05, 0) is 43.5 Å². The first-order valence-electron chi connectivity index (χ1n) is 8.88. The van der Waals surface area contributed by atoms with Crippen LogP contribution in [0.1, 0.15) is 31.2 Å². The molecule has 2 aromatic rings. The highest BCUT2D eigenvalue weighted by atomic mass is 35.5. The SMILES string of the molecule is Cc1ccc(NC(=O)CSc2nccc(N3CCCCCC3)n2)c(Cl)c1. The lowest BCUT2D eigenvalue weighted by Gasteiger charge is -2.21. The van der Waals surface area contributed by atoms with Crippen molar-refractivity contribution >= 4 is 40.8 Å². The average molecular weight is 391 g/mol. The molecule has 1 N–H and O–H groups in total. The minimum absolute atomic E-state index is 0.121. The van der Waals surface area contributed by atoms with E-state index in [-0.39, 0.29) is 11.7 Å². The first kappa shape index (κ1) is 19.0. The molecule has 138 valence electrons. The maximum absolute atomic E-state index is 12.2. The van der Waals surface area contributed by atoms with E-state index in [0.29, 0.717) is 15.9 Å². The molecule has 0 spiro atoms. The average Bonchev–Trinajstić information content (AvgIpc) is 2.92. The molecule has 7 heteroatoms. The molecule has 1 aromatic carbocycles. The van der Waals surface area contributed by atoms with Crippen molar-refractivity contribution in [2.24, 2.45) is 0 Å². The standard InChI is InChI=1S/C19H23ClN4OS/c1-14-6-7-16(15(20)12-14)22-18(25)13-26-19-21-9-8-17(23-19)24-10-4-2-3-5-11-24/h6-9,12H,2-5,10-11,13H2,1H3,(H,22,25). The first-order chi connectivity index (χ1) is 12.6. The summed E-state index contributed by atoms with van der Waals surface area (Å²) < 4.78 is 0. The number of nitrogens with zero attached hydrogens (tertiary/aromatic N) is 3. The second-order valence-corrected chi connectivity index (χ2v) is 7.77. The number of hydrogen-bond acceptors (Lipinski definition) is 5. The van der Waals surface area contributed by atoms with E-state index < -0.39 is 0 Å². The highest BCUT2D eigenvalue weighted by molar-refractivity contribution is 7.99. The zero-order valence-electron chi connectivity index (χ0n) is 14.9. The molecule has 26 heavy (non-hydrogen) atoms. The van der Waals surface area contributed by atoms with Gasteiger partial charge in [0.05, 0.1) is 16.5 Å². The van der Waals surface area contributed by atoms with Crippen LogP contribution in [0.3, 0.4) is 0 Å². The molecule has 2 heterocycles. The molecule has 0 atom stereocenters. The van der Waals surface area contributed by atoms with Crippen LogP contribution in [0.4, 0.5) is 11.5 Å². The van der Waals surface area contributed by atoms with Gasteiger partial charge in [0.15, 0.2) is 5.16 Å². The summed E-state index contributed by atoms with van der Waals surface area (Å²) >= 11 is 7.50. The molecular formula is C19H23ClN4OS. The van der Waals surface area contributed by atoms with Crippen LogP contribution in [0.15, 0.2) is 35.6 Å². The van der Waals surface area contributed by atoms with Crippen LogP contribution in [-0.2, 0) is 4.79 Å². The largest absolute Gasteiger partial charge is 0.356 e. The maximum atomic E-state index is 12.2. The number of halogens is 1. The molecule has 0 unspecified atom stereocenters. The summed E-state index contributed by atoms with van der Waals surface area (Å²) in [4.78, 5) is 23.4. The van der Waals surface area contributed by atoms with Gasteiger partial charge in [0.25, 0.3) is 0 Å². The topological polar surface area (TPSA) is 58.1 Å². The van der Waals surface area contributed by atoms with E-state index in [4.69, 9.17) is 11.6 Å². The third-order valence-corrected chi connectivity index (χ3v) is 5.45. The molecule has 3 rings (SSSR count). The zero-order valence-corrected chi connectivity index (χ0v) is 16.4. The fraction of sp³-hybridized carbons (Fsp3) is 0.421. The number of thioether (sulfide) groups is 1. The number of hydrogen-bond donors (Lipinski definition) is 1. The van der Waals surface area contributed by atoms with Crippen molar-refractivity contribution in [1.29, 1.82) is 0 Å². The lowest BCUT2D eigenvalue weighted by atomic mass is 10.2. The van der Waals surface area contributed by atoms with Gasteiger partial charge in [-0.15, -0.1) is 0 Å². The van der Waals surface area contributed by atoms with E-state index in [0.717, 1.165) is 24.5 Å². The molecule has 0 aliphatic carbocycles. The highest BCUT2D eigenvalue weighted by Gasteiger charge is 2.13. The van der Waals surface area contributed by atoms with Crippen LogP contribution >= 0.6 is 23.4 Å². The fourth-order valence-corrected chi connectivity index (χ4v) is 3.82. The van der Waals surface area contributed by atoms with E-state index in [1.165, 1.54) is 37.4 Å². The van der Waals surface area contributed by atoms with Gasteiger partial charge in [-0.1, -0.05) is 42.3 Å². The number of anilines is 2. The van der Waals surface area contributed by atoms with Gasteiger partial charge < -0.3 is 10.2 Å². The number of amides is 1. The fourth-order valence-electron chi connectivity index (χ4n) is 2.92. The third-order valence-electron chi connectivity index (χ3n) is 4.28. The number of carbonyl (C=O) groups excluding carboxylic acids is 1. The van der Waals surface area contributed by atoms with Crippen molar-refractivity contribution in [3.8, 4) is 0 Å². The second kappa shape index (κ2) is 9.24. The minimum Gasteiger partial charge on any atom is -0.356 e. The van der Waals surface area contributed by atoms with Crippen molar-refractivity contribution in [3.63, 3.8) is 0 Å². The predicted molar refractivity (Wildman–Crippen MR) is 108 cm³/mol. The van der Waals surface area contributed by atoms with Crippen LogP contribution < -0.4 is 10.2 Å². The van der Waals surface area contributed by atoms with Crippen molar-refractivity contribution in [1.82, 2.24) is 9.97 Å². The molecule has 5 nitrogen and oxygen atoms in total. The predicted octanol–water partition coefficient (Wildman–Crippen LogP) is 4.55. The quantitative estimate of drug-likeness (QED) is 0.599. The summed E-state index contributed by atoms with van der Waals surface area (Å²) in [6, 6.07) is 7.51. The maximum Gasteiger partial charge on any atom is 0.234 e. The molecule has 1 saturated heterocycles. The van der Waals surface area contributed by atoms with Crippen LogP contribution in [0.2, 0.25) is 5.02 Å². The van der Waals surface area contributed by atoms with E-state index in [9.17, 15) is 4.79 Å². The van der Waals surface area contributed by atoms with Gasteiger partial charge in [0.2, 0.25) is 5.91 Å². The minimum atomic E-state index is -0.121. The summed E-state index contributed by atoms with van der Waals surface area (Å²) in [5.74, 6) is 1.07. The van der Waals surface area contributed by atoms with E-state index >= 15 is 0 Å². The van der Waals surface area contributed by atoms with Crippen LogP contribution in [0.5, 0.6) is 0 Å². The molecule has 1 aliphatic heterocycles. The molecule has 1 amide bonds. The van der Waals surface area contributed by atoms with Gasteiger partial charge in [-0.25, -0.2) is 9.97 Å². The summed E-state index contributed by atoms with van der Waals surface area (Å²) in [7, 11) is 0. The van der Waals surface area contributed by atoms with Crippen molar-refractivity contribution in [3.05, 3.63) is 41.0 Å². The number of rotatable bonds is 5. The normalized spacial score (nSPS) is 14.8. The molecule has 1 aliphatic rings. The number of aromatic nitrogens is 2. The molecule has 1 fully saturated rings. The first-order valence-corrected chi connectivity index (χ1v) is 10.2. The number of benzene rings is 1. The lowest BCUT2D eigenvalue weighted by molar-refractivity contribution is -0.113. The molecule has 1 aromatic heterocycles. The lowest BCUT2D eigenvalue weighted by Crippen LogP contribution is -2.25. The van der Waals surface area contributed by atoms with Gasteiger partial charge in [0, 0.05) is 19.3 Å². The Morgan fingerprint density at radius 3 is 2.73 bits per heavy atom. The Bertz CT molecular complexity index is 763. The van der Waals surface area contributed by atoms with Crippen molar-refractivity contribution in [2.45, 2.75) is 37.8 Å². The Labute approximate surface area is 163 Å². The Morgan fingerprint density at radius 2 is 2.00 bits per heavy atom. The van der Waals surface area contributed by atoms with Gasteiger partial charge in [-0.2, -0.15) is 0 Å². The summed E-state index contributed by atoms with van der Waals surface area (Å²) in [6.45, 7) is 4.03. The zero-order chi connectivity index (χ0) is 18.4. The number of nitrogens with one attached hydrogen (secondary N) is 1. The highest BCUT2D eigenvalue weighted by Crippen LogP contribution is 2.24. The Kier molecular flexibility index (Phi) is 6.74. The van der Waals surface area contributed by atoms with E-state index in [2.05, 4.69) is 20.2 Å². The summed E-state index contributed by atoms with van der Waals surface area (Å²) in [5.41, 5.74) is 1.68. The van der Waals surface area contributed by atoms with E-state index in [1.807, 2.05) is 31.2 Å². The molecule has 0 saturated carbocycles. The van der Waals surface area contributed by atoms with Gasteiger partial charge in [0.1, 0.15) is 5.82 Å².